The fourth-order valence-electron chi connectivity index (χ4n) is 3.66. The molecule has 28 heavy (non-hydrogen) atoms. The topological polar surface area (TPSA) is 58.4 Å². The number of benzene rings is 2. The van der Waals surface area contributed by atoms with E-state index in [0.29, 0.717) is 17.4 Å². The summed E-state index contributed by atoms with van der Waals surface area (Å²) >= 11 is 3.39. The van der Waals surface area contributed by atoms with Gasteiger partial charge in [0.25, 0.3) is 5.56 Å². The van der Waals surface area contributed by atoms with E-state index in [4.69, 9.17) is 0 Å². The number of aromatic nitrogens is 2. The molecule has 2 aromatic carbocycles. The molecule has 0 aliphatic carbocycles. The largest absolute Gasteiger partial charge is 0.332 e. The van der Waals surface area contributed by atoms with Crippen LogP contribution < -0.4 is 5.56 Å². The Kier molecular flexibility index (Phi) is 5.28. The second kappa shape index (κ2) is 7.85. The zero-order valence-corrected chi connectivity index (χ0v) is 17.2. The lowest BCUT2D eigenvalue weighted by atomic mass is 10.0. The van der Waals surface area contributed by atoms with Gasteiger partial charge in [-0.25, -0.2) is 4.98 Å². The summed E-state index contributed by atoms with van der Waals surface area (Å²) in [5.41, 5.74) is 1.53. The molecule has 4 rings (SSSR count). The van der Waals surface area contributed by atoms with E-state index in [9.17, 15) is 9.59 Å². The number of rotatable bonds is 3. The Labute approximate surface area is 171 Å². The molecule has 0 N–H and O–H groups in total. The molecule has 1 fully saturated rings. The second-order valence-electron chi connectivity index (χ2n) is 7.11. The number of halogens is 1. The Bertz CT molecular complexity index is 1070. The number of fused-ring (bicyclic) bond motifs is 1. The Morgan fingerprint density at radius 2 is 1.96 bits per heavy atom. The molecule has 1 aliphatic rings. The van der Waals surface area contributed by atoms with E-state index in [1.807, 2.05) is 41.3 Å². The number of carbonyl (C=O) groups excluding carboxylic acids is 1. The molecule has 2 heterocycles. The standard InChI is InChI=1S/C21H21BrN4O2/c1-24-9-10-26(19(12-24)15-5-3-2-4-6-15)20(27)13-25-14-23-18-8-7-16(22)11-17(18)21(25)28/h2-8,11,14,19H,9-10,12-13H2,1H3/t19-/m1/s1. The molecule has 0 bridgehead atoms. The smallest absolute Gasteiger partial charge is 0.261 e. The van der Waals surface area contributed by atoms with Gasteiger partial charge >= 0.3 is 0 Å². The summed E-state index contributed by atoms with van der Waals surface area (Å²) in [5.74, 6) is -0.0693. The molecule has 1 saturated heterocycles. The van der Waals surface area contributed by atoms with E-state index in [2.05, 4.69) is 32.9 Å². The number of amides is 1. The SMILES string of the molecule is CN1CCN(C(=O)Cn2cnc3ccc(Br)cc3c2=O)[C@@H](c2ccccc2)C1. The van der Waals surface area contributed by atoms with Crippen LogP contribution in [0.2, 0.25) is 0 Å². The molecule has 3 aromatic rings. The molecule has 1 aromatic heterocycles. The lowest BCUT2D eigenvalue weighted by Gasteiger charge is -2.40. The highest BCUT2D eigenvalue weighted by Gasteiger charge is 2.30. The van der Waals surface area contributed by atoms with Crippen molar-refractivity contribution in [2.24, 2.45) is 0 Å². The number of carbonyl (C=O) groups is 1. The molecule has 7 heteroatoms. The zero-order chi connectivity index (χ0) is 19.7. The summed E-state index contributed by atoms with van der Waals surface area (Å²) < 4.78 is 2.21. The lowest BCUT2D eigenvalue weighted by Crippen LogP contribution is -2.50. The van der Waals surface area contributed by atoms with Crippen LogP contribution in [0.1, 0.15) is 11.6 Å². The Morgan fingerprint density at radius 3 is 2.75 bits per heavy atom. The van der Waals surface area contributed by atoms with Crippen molar-refractivity contribution < 1.29 is 4.79 Å². The maximum Gasteiger partial charge on any atom is 0.261 e. The number of nitrogens with zero attached hydrogens (tertiary/aromatic N) is 4. The first-order valence-corrected chi connectivity index (χ1v) is 10.00. The van der Waals surface area contributed by atoms with E-state index in [-0.39, 0.29) is 24.1 Å². The van der Waals surface area contributed by atoms with Gasteiger partial charge in [-0.2, -0.15) is 0 Å². The second-order valence-corrected chi connectivity index (χ2v) is 8.03. The van der Waals surface area contributed by atoms with E-state index < -0.39 is 0 Å². The first kappa shape index (κ1) is 18.8. The molecular weight excluding hydrogens is 420 g/mol. The van der Waals surface area contributed by atoms with Gasteiger partial charge in [0.15, 0.2) is 0 Å². The fraction of sp³-hybridized carbons (Fsp3) is 0.286. The van der Waals surface area contributed by atoms with Crippen LogP contribution in [0.25, 0.3) is 10.9 Å². The van der Waals surface area contributed by atoms with Gasteiger partial charge < -0.3 is 9.80 Å². The van der Waals surface area contributed by atoms with Crippen LogP contribution in [0.5, 0.6) is 0 Å². The molecule has 0 saturated carbocycles. The average molecular weight is 441 g/mol. The Hall–Kier alpha value is -2.51. The monoisotopic (exact) mass is 440 g/mol. The van der Waals surface area contributed by atoms with Gasteiger partial charge in [0.05, 0.1) is 23.3 Å². The third-order valence-electron chi connectivity index (χ3n) is 5.18. The van der Waals surface area contributed by atoms with Crippen LogP contribution in [0, 0.1) is 0 Å². The van der Waals surface area contributed by atoms with Gasteiger partial charge in [0.2, 0.25) is 5.91 Å². The van der Waals surface area contributed by atoms with Crippen LogP contribution in [-0.4, -0.2) is 51.9 Å². The third kappa shape index (κ3) is 3.72. The molecule has 0 unspecified atom stereocenters. The summed E-state index contributed by atoms with van der Waals surface area (Å²) in [6.07, 6.45) is 1.46. The Balaban J connectivity index is 1.63. The minimum Gasteiger partial charge on any atom is -0.332 e. The van der Waals surface area contributed by atoms with Crippen molar-refractivity contribution >= 4 is 32.7 Å². The van der Waals surface area contributed by atoms with Crippen molar-refractivity contribution in [1.82, 2.24) is 19.4 Å². The minimum atomic E-state index is -0.204. The average Bonchev–Trinajstić information content (AvgIpc) is 2.71. The molecule has 1 atom stereocenters. The van der Waals surface area contributed by atoms with Gasteiger partial charge in [0, 0.05) is 24.1 Å². The van der Waals surface area contributed by atoms with Gasteiger partial charge in [-0.05, 0) is 30.8 Å². The molecule has 1 aliphatic heterocycles. The third-order valence-corrected chi connectivity index (χ3v) is 5.67. The zero-order valence-electron chi connectivity index (χ0n) is 15.6. The van der Waals surface area contributed by atoms with Crippen molar-refractivity contribution in [2.75, 3.05) is 26.7 Å². The molecule has 6 nitrogen and oxygen atoms in total. The molecular formula is C21H21BrN4O2. The summed E-state index contributed by atoms with van der Waals surface area (Å²) in [5, 5.41) is 0.502. The van der Waals surface area contributed by atoms with Crippen LogP contribution in [-0.2, 0) is 11.3 Å². The molecule has 1 amide bonds. The highest BCUT2D eigenvalue weighted by Crippen LogP contribution is 2.25. The van der Waals surface area contributed by atoms with Crippen LogP contribution >= 0.6 is 15.9 Å². The van der Waals surface area contributed by atoms with Crippen molar-refractivity contribution in [3.8, 4) is 0 Å². The van der Waals surface area contributed by atoms with Crippen LogP contribution in [0.4, 0.5) is 0 Å². The highest BCUT2D eigenvalue weighted by molar-refractivity contribution is 9.10. The van der Waals surface area contributed by atoms with Crippen molar-refractivity contribution in [1.29, 1.82) is 0 Å². The Morgan fingerprint density at radius 1 is 1.18 bits per heavy atom. The predicted octanol–water partition coefficient (Wildman–Crippen LogP) is 2.67. The summed E-state index contributed by atoms with van der Waals surface area (Å²) in [6, 6.07) is 15.4. The van der Waals surface area contributed by atoms with E-state index in [0.717, 1.165) is 23.1 Å². The predicted molar refractivity (Wildman–Crippen MR) is 112 cm³/mol. The lowest BCUT2D eigenvalue weighted by molar-refractivity contribution is -0.136. The maximum atomic E-state index is 13.1. The molecule has 0 radical (unpaired) electrons. The fourth-order valence-corrected chi connectivity index (χ4v) is 4.02. The first-order valence-electron chi connectivity index (χ1n) is 9.20. The summed E-state index contributed by atoms with van der Waals surface area (Å²) in [6.45, 7) is 2.21. The van der Waals surface area contributed by atoms with Crippen molar-refractivity contribution in [2.45, 2.75) is 12.6 Å². The number of piperazine rings is 1. The quantitative estimate of drug-likeness (QED) is 0.627. The number of hydrogen-bond acceptors (Lipinski definition) is 4. The molecule has 144 valence electrons. The van der Waals surface area contributed by atoms with E-state index in [1.165, 1.54) is 10.9 Å². The summed E-state index contributed by atoms with van der Waals surface area (Å²) in [7, 11) is 2.06. The number of hydrogen-bond donors (Lipinski definition) is 0. The van der Waals surface area contributed by atoms with Gasteiger partial charge in [-0.3, -0.25) is 14.2 Å². The highest BCUT2D eigenvalue weighted by atomic mass is 79.9. The van der Waals surface area contributed by atoms with Gasteiger partial charge in [0.1, 0.15) is 6.54 Å². The minimum absolute atomic E-state index is 0.0126. The maximum absolute atomic E-state index is 13.1. The van der Waals surface area contributed by atoms with Crippen LogP contribution in [0.3, 0.4) is 0 Å². The first-order chi connectivity index (χ1) is 13.5. The normalized spacial score (nSPS) is 17.8. The van der Waals surface area contributed by atoms with Crippen LogP contribution in [0.15, 0.2) is 64.1 Å². The van der Waals surface area contributed by atoms with Crippen molar-refractivity contribution in [3.63, 3.8) is 0 Å². The van der Waals surface area contributed by atoms with Gasteiger partial charge in [-0.15, -0.1) is 0 Å². The number of likely N-dealkylation sites (N-methyl/N-ethyl adjacent to an activating group) is 1. The molecule has 0 spiro atoms. The van der Waals surface area contributed by atoms with Gasteiger partial charge in [-0.1, -0.05) is 46.3 Å². The van der Waals surface area contributed by atoms with Crippen molar-refractivity contribution in [3.05, 3.63) is 75.2 Å². The summed E-state index contributed by atoms with van der Waals surface area (Å²) in [4.78, 5) is 34.4. The van der Waals surface area contributed by atoms with E-state index >= 15 is 0 Å². The van der Waals surface area contributed by atoms with E-state index in [1.54, 1.807) is 12.1 Å².